The van der Waals surface area contributed by atoms with Crippen molar-refractivity contribution in [1.29, 1.82) is 0 Å². The van der Waals surface area contributed by atoms with Crippen molar-refractivity contribution in [3.63, 3.8) is 0 Å². The van der Waals surface area contributed by atoms with Crippen molar-refractivity contribution < 1.29 is 4.79 Å². The predicted molar refractivity (Wildman–Crippen MR) is 83.3 cm³/mol. The van der Waals surface area contributed by atoms with E-state index in [0.717, 1.165) is 18.7 Å². The van der Waals surface area contributed by atoms with Gasteiger partial charge >= 0.3 is 0 Å². The third-order valence-corrected chi connectivity index (χ3v) is 4.38. The van der Waals surface area contributed by atoms with Crippen LogP contribution in [0.5, 0.6) is 0 Å². The Bertz CT molecular complexity index is 473. The molecule has 20 heavy (non-hydrogen) atoms. The molecule has 0 unspecified atom stereocenters. The lowest BCUT2D eigenvalue weighted by atomic mass is 10.1. The van der Waals surface area contributed by atoms with Crippen LogP contribution in [0.25, 0.3) is 0 Å². The average Bonchev–Trinajstić information content (AvgIpc) is 2.42. The molecule has 1 aliphatic heterocycles. The summed E-state index contributed by atoms with van der Waals surface area (Å²) in [4.78, 5) is 14.2. The smallest absolute Gasteiger partial charge is 0.234 e. The number of benzene rings is 1. The van der Waals surface area contributed by atoms with Crippen molar-refractivity contribution in [1.82, 2.24) is 10.2 Å². The van der Waals surface area contributed by atoms with Crippen LogP contribution in [0, 0.1) is 0 Å². The van der Waals surface area contributed by atoms with E-state index >= 15 is 0 Å². The van der Waals surface area contributed by atoms with Gasteiger partial charge in [-0.25, -0.2) is 0 Å². The normalized spacial score (nSPS) is 17.8. The van der Waals surface area contributed by atoms with Gasteiger partial charge in [0.05, 0.1) is 22.6 Å². The van der Waals surface area contributed by atoms with Gasteiger partial charge in [0.15, 0.2) is 0 Å². The van der Waals surface area contributed by atoms with Crippen LogP contribution in [-0.2, 0) is 4.79 Å². The Morgan fingerprint density at radius 2 is 1.95 bits per heavy atom. The fraction of sp³-hybridized carbons (Fsp3) is 0.533. The van der Waals surface area contributed by atoms with E-state index in [4.69, 9.17) is 23.2 Å². The first-order chi connectivity index (χ1) is 9.56. The highest BCUT2D eigenvalue weighted by Gasteiger charge is 2.16. The van der Waals surface area contributed by atoms with Gasteiger partial charge in [-0.15, -0.1) is 0 Å². The number of rotatable bonds is 4. The van der Waals surface area contributed by atoms with Gasteiger partial charge in [0.25, 0.3) is 0 Å². The number of halogens is 2. The number of nitrogens with one attached hydrogen (secondary N) is 1. The lowest BCUT2D eigenvalue weighted by molar-refractivity contribution is -0.123. The van der Waals surface area contributed by atoms with Crippen molar-refractivity contribution in [3.8, 4) is 0 Å². The van der Waals surface area contributed by atoms with E-state index in [-0.39, 0.29) is 11.9 Å². The van der Waals surface area contributed by atoms with E-state index in [0.29, 0.717) is 16.6 Å². The molecule has 2 rings (SSSR count). The Morgan fingerprint density at radius 3 is 2.60 bits per heavy atom. The first-order valence-corrected chi connectivity index (χ1v) is 7.78. The molecular formula is C15H20Cl2N2O. The van der Waals surface area contributed by atoms with Crippen LogP contribution in [0.4, 0.5) is 0 Å². The van der Waals surface area contributed by atoms with E-state index in [9.17, 15) is 4.79 Å². The third kappa shape index (κ3) is 4.37. The molecule has 1 atom stereocenters. The molecule has 1 N–H and O–H groups in total. The largest absolute Gasteiger partial charge is 0.348 e. The van der Waals surface area contributed by atoms with Gasteiger partial charge in [-0.3, -0.25) is 9.69 Å². The molecule has 5 heteroatoms. The van der Waals surface area contributed by atoms with E-state index < -0.39 is 0 Å². The molecule has 0 spiro atoms. The predicted octanol–water partition coefficient (Wildman–Crippen LogP) is 3.66. The van der Waals surface area contributed by atoms with Crippen molar-refractivity contribution in [2.24, 2.45) is 0 Å². The van der Waals surface area contributed by atoms with Gasteiger partial charge in [-0.2, -0.15) is 0 Å². The average molecular weight is 315 g/mol. The zero-order valence-electron chi connectivity index (χ0n) is 11.7. The number of piperidine rings is 1. The molecule has 1 aliphatic rings. The number of hydrogen-bond donors (Lipinski definition) is 1. The Balaban J connectivity index is 1.87. The summed E-state index contributed by atoms with van der Waals surface area (Å²) in [7, 11) is 0. The molecule has 110 valence electrons. The minimum Gasteiger partial charge on any atom is -0.348 e. The molecule has 1 aromatic carbocycles. The quantitative estimate of drug-likeness (QED) is 0.920. The molecule has 0 aromatic heterocycles. The zero-order valence-corrected chi connectivity index (χ0v) is 13.2. The van der Waals surface area contributed by atoms with Gasteiger partial charge in [0, 0.05) is 0 Å². The summed E-state index contributed by atoms with van der Waals surface area (Å²) < 4.78 is 0. The highest BCUT2D eigenvalue weighted by molar-refractivity contribution is 6.42. The van der Waals surface area contributed by atoms with Gasteiger partial charge in [-0.05, 0) is 50.6 Å². The summed E-state index contributed by atoms with van der Waals surface area (Å²) >= 11 is 11.9. The molecular weight excluding hydrogens is 295 g/mol. The maximum absolute atomic E-state index is 12.0. The lowest BCUT2D eigenvalue weighted by Crippen LogP contribution is -2.40. The molecule has 1 saturated heterocycles. The van der Waals surface area contributed by atoms with Crippen LogP contribution in [0.15, 0.2) is 18.2 Å². The molecule has 1 heterocycles. The molecule has 0 saturated carbocycles. The first kappa shape index (κ1) is 15.6. The van der Waals surface area contributed by atoms with E-state index in [2.05, 4.69) is 10.2 Å². The van der Waals surface area contributed by atoms with Crippen LogP contribution >= 0.6 is 23.2 Å². The second-order valence-corrected chi connectivity index (χ2v) is 6.11. The van der Waals surface area contributed by atoms with Crippen molar-refractivity contribution in [2.75, 3.05) is 19.6 Å². The topological polar surface area (TPSA) is 32.3 Å². The standard InChI is InChI=1S/C15H20Cl2N2O/c1-11(12-5-6-13(16)14(17)9-12)18-15(20)10-19-7-3-2-4-8-19/h5-6,9,11H,2-4,7-8,10H2,1H3,(H,18,20)/t11-/m1/s1. The number of hydrogen-bond acceptors (Lipinski definition) is 2. The summed E-state index contributed by atoms with van der Waals surface area (Å²) in [6.45, 7) is 4.47. The SMILES string of the molecule is C[C@@H](NC(=O)CN1CCCCC1)c1ccc(Cl)c(Cl)c1. The number of carbonyl (C=O) groups is 1. The second kappa shape index (κ2) is 7.30. The summed E-state index contributed by atoms with van der Waals surface area (Å²) in [5.41, 5.74) is 0.964. The number of carbonyl (C=O) groups excluding carboxylic acids is 1. The summed E-state index contributed by atoms with van der Waals surface area (Å²) in [5.74, 6) is 0.0606. The molecule has 1 amide bonds. The third-order valence-electron chi connectivity index (χ3n) is 3.64. The van der Waals surface area contributed by atoms with Gasteiger partial charge in [0.2, 0.25) is 5.91 Å². The van der Waals surface area contributed by atoms with Crippen LogP contribution in [-0.4, -0.2) is 30.4 Å². The number of amides is 1. The molecule has 3 nitrogen and oxygen atoms in total. The van der Waals surface area contributed by atoms with Crippen molar-refractivity contribution in [2.45, 2.75) is 32.2 Å². The Hall–Kier alpha value is -0.770. The van der Waals surface area contributed by atoms with E-state index in [1.807, 2.05) is 13.0 Å². The van der Waals surface area contributed by atoms with Gasteiger partial charge in [0.1, 0.15) is 0 Å². The number of likely N-dealkylation sites (tertiary alicyclic amines) is 1. The highest BCUT2D eigenvalue weighted by atomic mass is 35.5. The maximum Gasteiger partial charge on any atom is 0.234 e. The molecule has 1 aromatic rings. The van der Waals surface area contributed by atoms with E-state index in [1.165, 1.54) is 19.3 Å². The summed E-state index contributed by atoms with van der Waals surface area (Å²) in [6.07, 6.45) is 3.66. The van der Waals surface area contributed by atoms with Crippen molar-refractivity contribution in [3.05, 3.63) is 33.8 Å². The Labute approximate surface area is 130 Å². The fourth-order valence-corrected chi connectivity index (χ4v) is 2.78. The summed E-state index contributed by atoms with van der Waals surface area (Å²) in [6, 6.07) is 5.38. The van der Waals surface area contributed by atoms with Crippen LogP contribution in [0.1, 0.15) is 37.8 Å². The van der Waals surface area contributed by atoms with E-state index in [1.54, 1.807) is 12.1 Å². The number of nitrogens with zero attached hydrogens (tertiary/aromatic N) is 1. The lowest BCUT2D eigenvalue weighted by Gasteiger charge is -2.26. The zero-order chi connectivity index (χ0) is 14.5. The van der Waals surface area contributed by atoms with Crippen LogP contribution in [0.3, 0.4) is 0 Å². The maximum atomic E-state index is 12.0. The van der Waals surface area contributed by atoms with Gasteiger partial charge in [-0.1, -0.05) is 35.7 Å². The second-order valence-electron chi connectivity index (χ2n) is 5.30. The fourth-order valence-electron chi connectivity index (χ4n) is 2.47. The first-order valence-electron chi connectivity index (χ1n) is 7.03. The van der Waals surface area contributed by atoms with Crippen LogP contribution < -0.4 is 5.32 Å². The van der Waals surface area contributed by atoms with Crippen molar-refractivity contribution >= 4 is 29.1 Å². The minimum atomic E-state index is -0.0675. The minimum absolute atomic E-state index is 0.0606. The Morgan fingerprint density at radius 1 is 1.25 bits per heavy atom. The summed E-state index contributed by atoms with van der Waals surface area (Å²) in [5, 5.41) is 4.05. The monoisotopic (exact) mass is 314 g/mol. The van der Waals surface area contributed by atoms with Gasteiger partial charge < -0.3 is 5.32 Å². The van der Waals surface area contributed by atoms with Crippen LogP contribution in [0.2, 0.25) is 10.0 Å². The molecule has 0 radical (unpaired) electrons. The molecule has 0 aliphatic carbocycles. The molecule has 1 fully saturated rings. The highest BCUT2D eigenvalue weighted by Crippen LogP contribution is 2.25. The Kier molecular flexibility index (Phi) is 5.70. The molecule has 0 bridgehead atoms.